The van der Waals surface area contributed by atoms with Crippen LogP contribution in [0.25, 0.3) is 0 Å². The van der Waals surface area contributed by atoms with Gasteiger partial charge in [0.25, 0.3) is 5.91 Å². The van der Waals surface area contributed by atoms with Gasteiger partial charge in [0.1, 0.15) is 5.76 Å². The number of morpholine rings is 1. The molecule has 1 aliphatic heterocycles. The molecule has 1 aromatic rings. The van der Waals surface area contributed by atoms with Crippen LogP contribution in [0.15, 0.2) is 16.7 Å². The van der Waals surface area contributed by atoms with E-state index in [1.165, 1.54) is 0 Å². The first-order valence-corrected chi connectivity index (χ1v) is 6.78. The Morgan fingerprint density at radius 2 is 2.35 bits per heavy atom. The largest absolute Gasteiger partial charge is 0.469 e. The van der Waals surface area contributed by atoms with Crippen molar-refractivity contribution in [2.24, 2.45) is 0 Å². The van der Waals surface area contributed by atoms with Crippen LogP contribution in [0, 0.1) is 6.92 Å². The lowest BCUT2D eigenvalue weighted by Crippen LogP contribution is -2.49. The highest BCUT2D eigenvalue weighted by Crippen LogP contribution is 2.18. The minimum absolute atomic E-state index is 0.0253. The average molecular weight is 302 g/mol. The van der Waals surface area contributed by atoms with Crippen molar-refractivity contribution in [3.63, 3.8) is 0 Å². The van der Waals surface area contributed by atoms with Gasteiger partial charge in [0.15, 0.2) is 0 Å². The quantitative estimate of drug-likeness (QED) is 0.787. The van der Waals surface area contributed by atoms with Crippen molar-refractivity contribution in [2.45, 2.75) is 26.1 Å². The molecule has 4 nitrogen and oxygen atoms in total. The predicted molar refractivity (Wildman–Crippen MR) is 67.5 cm³/mol. The number of rotatable bonds is 2. The molecular weight excluding hydrogens is 286 g/mol. The maximum Gasteiger partial charge on any atom is 0.257 e. The number of amides is 1. The Morgan fingerprint density at radius 1 is 1.59 bits per heavy atom. The summed E-state index contributed by atoms with van der Waals surface area (Å²) in [4.78, 5) is 14.1. The Morgan fingerprint density at radius 3 is 2.94 bits per heavy atom. The number of hydrogen-bond acceptors (Lipinski definition) is 3. The molecule has 0 spiro atoms. The number of hydrogen-bond donors (Lipinski definition) is 0. The monoisotopic (exact) mass is 301 g/mol. The van der Waals surface area contributed by atoms with Crippen LogP contribution in [0.5, 0.6) is 0 Å². The number of nitrogens with zero attached hydrogens (tertiary/aromatic N) is 1. The number of furan rings is 1. The van der Waals surface area contributed by atoms with Crippen molar-refractivity contribution < 1.29 is 13.9 Å². The molecule has 1 aromatic heterocycles. The number of carbonyl (C=O) groups excluding carboxylic acids is 1. The third kappa shape index (κ3) is 2.72. The zero-order valence-corrected chi connectivity index (χ0v) is 11.6. The van der Waals surface area contributed by atoms with Gasteiger partial charge >= 0.3 is 0 Å². The van der Waals surface area contributed by atoms with Gasteiger partial charge in [0.05, 0.1) is 24.0 Å². The van der Waals surface area contributed by atoms with E-state index >= 15 is 0 Å². The second-order valence-electron chi connectivity index (χ2n) is 4.32. The van der Waals surface area contributed by atoms with Crippen molar-refractivity contribution in [1.82, 2.24) is 4.90 Å². The van der Waals surface area contributed by atoms with Crippen LogP contribution in [0.2, 0.25) is 0 Å². The molecule has 1 aliphatic rings. The highest BCUT2D eigenvalue weighted by Gasteiger charge is 2.29. The van der Waals surface area contributed by atoms with E-state index < -0.39 is 0 Å². The lowest BCUT2D eigenvalue weighted by atomic mass is 10.1. The van der Waals surface area contributed by atoms with E-state index in [-0.39, 0.29) is 18.1 Å². The Kier molecular flexibility index (Phi) is 3.89. The van der Waals surface area contributed by atoms with E-state index in [2.05, 4.69) is 15.9 Å². The van der Waals surface area contributed by atoms with Gasteiger partial charge < -0.3 is 14.1 Å². The summed E-state index contributed by atoms with van der Waals surface area (Å²) in [6.45, 7) is 5.04. The van der Waals surface area contributed by atoms with Gasteiger partial charge in [0, 0.05) is 18.4 Å². The fourth-order valence-electron chi connectivity index (χ4n) is 2.07. The zero-order valence-electron chi connectivity index (χ0n) is 9.98. The summed E-state index contributed by atoms with van der Waals surface area (Å²) < 4.78 is 10.9. The molecule has 1 fully saturated rings. The SMILES string of the molecule is Cc1occc1C(=O)N1CC(C)OC(CBr)C1. The Balaban J connectivity index is 2.11. The van der Waals surface area contributed by atoms with E-state index in [9.17, 15) is 4.79 Å². The first-order valence-electron chi connectivity index (χ1n) is 5.66. The maximum atomic E-state index is 12.3. The smallest absolute Gasteiger partial charge is 0.257 e. The van der Waals surface area contributed by atoms with Crippen LogP contribution in [-0.2, 0) is 4.74 Å². The van der Waals surface area contributed by atoms with Crippen LogP contribution < -0.4 is 0 Å². The summed E-state index contributed by atoms with van der Waals surface area (Å²) in [6.07, 6.45) is 1.69. The van der Waals surface area contributed by atoms with E-state index in [0.717, 1.165) is 5.33 Å². The molecule has 94 valence electrons. The summed E-state index contributed by atoms with van der Waals surface area (Å²) in [6, 6.07) is 1.72. The Labute approximate surface area is 109 Å². The van der Waals surface area contributed by atoms with Crippen molar-refractivity contribution in [2.75, 3.05) is 18.4 Å². The highest BCUT2D eigenvalue weighted by molar-refractivity contribution is 9.09. The minimum atomic E-state index is 0.0253. The molecule has 0 bridgehead atoms. The maximum absolute atomic E-state index is 12.3. The summed E-state index contributed by atoms with van der Waals surface area (Å²) >= 11 is 3.40. The summed E-state index contributed by atoms with van der Waals surface area (Å²) in [5, 5.41) is 0.742. The van der Waals surface area contributed by atoms with Crippen molar-refractivity contribution >= 4 is 21.8 Å². The van der Waals surface area contributed by atoms with E-state index in [1.807, 2.05) is 11.8 Å². The number of halogens is 1. The summed E-state index contributed by atoms with van der Waals surface area (Å²) in [5.74, 6) is 0.696. The van der Waals surface area contributed by atoms with Gasteiger partial charge in [-0.05, 0) is 19.9 Å². The van der Waals surface area contributed by atoms with Gasteiger partial charge in [-0.3, -0.25) is 4.79 Å². The molecule has 2 rings (SSSR count). The second kappa shape index (κ2) is 5.23. The van der Waals surface area contributed by atoms with Gasteiger partial charge in [-0.2, -0.15) is 0 Å². The number of alkyl halides is 1. The van der Waals surface area contributed by atoms with Crippen molar-refractivity contribution in [1.29, 1.82) is 0 Å². The third-order valence-corrected chi connectivity index (χ3v) is 3.60. The zero-order chi connectivity index (χ0) is 12.4. The minimum Gasteiger partial charge on any atom is -0.469 e. The molecule has 0 aromatic carbocycles. The lowest BCUT2D eigenvalue weighted by Gasteiger charge is -2.36. The van der Waals surface area contributed by atoms with Gasteiger partial charge in [0.2, 0.25) is 0 Å². The molecule has 5 heteroatoms. The number of carbonyl (C=O) groups is 1. The van der Waals surface area contributed by atoms with Crippen LogP contribution in [-0.4, -0.2) is 41.4 Å². The predicted octanol–water partition coefficient (Wildman–Crippen LogP) is 2.21. The molecule has 0 saturated carbocycles. The van der Waals surface area contributed by atoms with E-state index in [1.54, 1.807) is 19.3 Å². The average Bonchev–Trinajstić information content (AvgIpc) is 2.73. The molecule has 0 aliphatic carbocycles. The topological polar surface area (TPSA) is 42.7 Å². The molecule has 2 heterocycles. The molecule has 1 amide bonds. The lowest BCUT2D eigenvalue weighted by molar-refractivity contribution is -0.0560. The van der Waals surface area contributed by atoms with Gasteiger partial charge in [-0.25, -0.2) is 0 Å². The molecule has 17 heavy (non-hydrogen) atoms. The van der Waals surface area contributed by atoms with Gasteiger partial charge in [-0.15, -0.1) is 0 Å². The first kappa shape index (κ1) is 12.6. The number of aryl methyl sites for hydroxylation is 1. The normalized spacial score (nSPS) is 25.0. The molecular formula is C12H16BrNO3. The molecule has 2 unspecified atom stereocenters. The first-order chi connectivity index (χ1) is 8.11. The summed E-state index contributed by atoms with van der Waals surface area (Å²) in [5.41, 5.74) is 0.646. The summed E-state index contributed by atoms with van der Waals surface area (Å²) in [7, 11) is 0. The third-order valence-electron chi connectivity index (χ3n) is 2.87. The number of ether oxygens (including phenoxy) is 1. The fraction of sp³-hybridized carbons (Fsp3) is 0.583. The van der Waals surface area contributed by atoms with Gasteiger partial charge in [-0.1, -0.05) is 15.9 Å². The molecule has 1 saturated heterocycles. The Hall–Kier alpha value is -0.810. The van der Waals surface area contributed by atoms with Crippen LogP contribution in [0.3, 0.4) is 0 Å². The Bertz CT molecular complexity index is 404. The van der Waals surface area contributed by atoms with Crippen molar-refractivity contribution in [3.8, 4) is 0 Å². The standard InChI is InChI=1S/C12H16BrNO3/c1-8-6-14(7-10(5-13)17-8)12(15)11-3-4-16-9(11)2/h3-4,8,10H,5-7H2,1-2H3. The van der Waals surface area contributed by atoms with Crippen molar-refractivity contribution in [3.05, 3.63) is 23.7 Å². The van der Waals surface area contributed by atoms with E-state index in [4.69, 9.17) is 9.15 Å². The molecule has 0 N–H and O–H groups in total. The van der Waals surface area contributed by atoms with Crippen LogP contribution in [0.1, 0.15) is 23.0 Å². The highest BCUT2D eigenvalue weighted by atomic mass is 79.9. The van der Waals surface area contributed by atoms with Crippen LogP contribution in [0.4, 0.5) is 0 Å². The van der Waals surface area contributed by atoms with E-state index in [0.29, 0.717) is 24.4 Å². The fourth-order valence-corrected chi connectivity index (χ4v) is 2.43. The molecule has 2 atom stereocenters. The molecule has 0 radical (unpaired) electrons. The van der Waals surface area contributed by atoms with Crippen LogP contribution >= 0.6 is 15.9 Å². The second-order valence-corrected chi connectivity index (χ2v) is 4.97.